The van der Waals surface area contributed by atoms with Crippen LogP contribution in [-0.2, 0) is 28.1 Å². The van der Waals surface area contributed by atoms with Crippen LogP contribution in [0.5, 0.6) is 0 Å². The molecule has 2 aromatic heterocycles. The van der Waals surface area contributed by atoms with E-state index in [1.807, 2.05) is 24.3 Å². The zero-order valence-corrected chi connectivity index (χ0v) is 19.8. The van der Waals surface area contributed by atoms with Crippen molar-refractivity contribution >= 4 is 40.1 Å². The molecule has 0 unspecified atom stereocenters. The van der Waals surface area contributed by atoms with Crippen LogP contribution in [0, 0.1) is 11.3 Å². The quantitative estimate of drug-likeness (QED) is 0.522. The van der Waals surface area contributed by atoms with Gasteiger partial charge in [-0.15, -0.1) is 0 Å². The summed E-state index contributed by atoms with van der Waals surface area (Å²) in [4.78, 5) is 38.5. The topological polar surface area (TPSA) is 95.1 Å². The minimum Gasteiger partial charge on any atom is -0.343 e. The van der Waals surface area contributed by atoms with E-state index < -0.39 is 5.41 Å². The molecule has 5 rings (SSSR count). The van der Waals surface area contributed by atoms with Crippen molar-refractivity contribution in [2.24, 2.45) is 0 Å². The van der Waals surface area contributed by atoms with Gasteiger partial charge in [-0.25, -0.2) is 4.98 Å². The third-order valence-electron chi connectivity index (χ3n) is 7.08. The maximum atomic E-state index is 14.0. The van der Waals surface area contributed by atoms with Gasteiger partial charge in [-0.2, -0.15) is 5.26 Å². The molecule has 9 heteroatoms. The number of carbonyl (C=O) groups excluding carboxylic acids is 2. The fraction of sp³-hybridized carbons (Fsp3) is 0.400. The Labute approximate surface area is 202 Å². The van der Waals surface area contributed by atoms with Gasteiger partial charge in [0.15, 0.2) is 0 Å². The first-order chi connectivity index (χ1) is 16.4. The molecular formula is C25H25ClN6O2. The standard InChI is InChI=1S/C25H25ClN6O2/c1-17(33)30-12-7-25(8-13-30)19-6-10-28-15-22(19)32(24(25)34)16-23-29-20-14-18(26)4-5-21(20)31(23)11-3-2-9-27/h4-6,10,14-15H,2-3,7-8,11-13,16H2,1H3. The number of nitrogens with zero attached hydrogens (tertiary/aromatic N) is 6. The van der Waals surface area contributed by atoms with Crippen LogP contribution in [0.4, 0.5) is 5.69 Å². The molecule has 1 spiro atoms. The summed E-state index contributed by atoms with van der Waals surface area (Å²) in [6, 6.07) is 9.71. The van der Waals surface area contributed by atoms with Crippen molar-refractivity contribution in [1.29, 1.82) is 5.26 Å². The molecule has 3 aromatic rings. The molecule has 8 nitrogen and oxygen atoms in total. The maximum Gasteiger partial charge on any atom is 0.238 e. The number of hydrogen-bond acceptors (Lipinski definition) is 5. The van der Waals surface area contributed by atoms with Crippen LogP contribution in [0.3, 0.4) is 0 Å². The Morgan fingerprint density at radius 2 is 2.06 bits per heavy atom. The van der Waals surface area contributed by atoms with Crippen molar-refractivity contribution in [3.8, 4) is 6.07 Å². The lowest BCUT2D eigenvalue weighted by molar-refractivity contribution is -0.133. The van der Waals surface area contributed by atoms with Crippen molar-refractivity contribution < 1.29 is 9.59 Å². The maximum absolute atomic E-state index is 14.0. The van der Waals surface area contributed by atoms with E-state index in [2.05, 4.69) is 15.6 Å². The third-order valence-corrected chi connectivity index (χ3v) is 7.32. The van der Waals surface area contributed by atoms with Gasteiger partial charge in [-0.05, 0) is 49.1 Å². The summed E-state index contributed by atoms with van der Waals surface area (Å²) in [6.45, 7) is 3.61. The molecule has 34 heavy (non-hydrogen) atoms. The smallest absolute Gasteiger partial charge is 0.238 e. The number of unbranched alkanes of at least 4 members (excludes halogenated alkanes) is 1. The fourth-order valence-electron chi connectivity index (χ4n) is 5.31. The van der Waals surface area contributed by atoms with Crippen molar-refractivity contribution in [1.82, 2.24) is 19.4 Å². The number of imidazole rings is 1. The van der Waals surface area contributed by atoms with Crippen LogP contribution in [0.25, 0.3) is 11.0 Å². The zero-order chi connectivity index (χ0) is 23.9. The van der Waals surface area contributed by atoms with Crippen LogP contribution in [0.15, 0.2) is 36.7 Å². The largest absolute Gasteiger partial charge is 0.343 e. The van der Waals surface area contributed by atoms with E-state index in [0.29, 0.717) is 56.9 Å². The van der Waals surface area contributed by atoms with Gasteiger partial charge in [0.1, 0.15) is 5.82 Å². The number of carbonyl (C=O) groups is 2. The van der Waals surface area contributed by atoms with Gasteiger partial charge in [0, 0.05) is 44.2 Å². The van der Waals surface area contributed by atoms with Crippen LogP contribution in [-0.4, -0.2) is 44.3 Å². The van der Waals surface area contributed by atoms with Gasteiger partial charge in [0.05, 0.1) is 40.9 Å². The third kappa shape index (κ3) is 3.61. The SMILES string of the molecule is CC(=O)N1CCC2(CC1)C(=O)N(Cc1nc3cc(Cl)ccc3n1CCCC#N)c1cnccc12. The molecule has 0 radical (unpaired) electrons. The molecule has 1 fully saturated rings. The van der Waals surface area contributed by atoms with Gasteiger partial charge in [0.25, 0.3) is 0 Å². The number of aromatic nitrogens is 3. The number of hydrogen-bond donors (Lipinski definition) is 0. The molecule has 2 aliphatic rings. The Balaban J connectivity index is 1.52. The van der Waals surface area contributed by atoms with E-state index in [1.54, 1.807) is 29.1 Å². The number of fused-ring (bicyclic) bond motifs is 3. The van der Waals surface area contributed by atoms with Crippen LogP contribution < -0.4 is 4.90 Å². The van der Waals surface area contributed by atoms with Gasteiger partial charge in [-0.3, -0.25) is 14.6 Å². The van der Waals surface area contributed by atoms with E-state index in [1.165, 1.54) is 0 Å². The predicted molar refractivity (Wildman–Crippen MR) is 128 cm³/mol. The molecule has 2 aliphatic heterocycles. The molecule has 0 atom stereocenters. The van der Waals surface area contributed by atoms with Crippen molar-refractivity contribution in [2.75, 3.05) is 18.0 Å². The average Bonchev–Trinajstić information content (AvgIpc) is 3.28. The normalized spacial score (nSPS) is 16.8. The number of anilines is 1. The number of benzene rings is 1. The second-order valence-corrected chi connectivity index (χ2v) is 9.38. The van der Waals surface area contributed by atoms with Gasteiger partial charge < -0.3 is 14.4 Å². The lowest BCUT2D eigenvalue weighted by Gasteiger charge is -2.38. The summed E-state index contributed by atoms with van der Waals surface area (Å²) >= 11 is 6.21. The summed E-state index contributed by atoms with van der Waals surface area (Å²) < 4.78 is 2.08. The van der Waals surface area contributed by atoms with Gasteiger partial charge >= 0.3 is 0 Å². The Hall–Kier alpha value is -3.44. The second kappa shape index (κ2) is 8.73. The first-order valence-corrected chi connectivity index (χ1v) is 11.9. The van der Waals surface area contributed by atoms with Crippen molar-refractivity contribution in [2.45, 2.75) is 51.1 Å². The van der Waals surface area contributed by atoms with E-state index >= 15 is 0 Å². The van der Waals surface area contributed by atoms with Gasteiger partial charge in [0.2, 0.25) is 11.8 Å². The number of halogens is 1. The summed E-state index contributed by atoms with van der Waals surface area (Å²) in [7, 11) is 0. The molecule has 0 N–H and O–H groups in total. The molecule has 4 heterocycles. The first-order valence-electron chi connectivity index (χ1n) is 11.5. The molecule has 2 amide bonds. The highest BCUT2D eigenvalue weighted by Crippen LogP contribution is 2.48. The fourth-order valence-corrected chi connectivity index (χ4v) is 5.48. The molecule has 0 saturated carbocycles. The number of amides is 2. The molecule has 0 bridgehead atoms. The summed E-state index contributed by atoms with van der Waals surface area (Å²) in [5.41, 5.74) is 2.83. The Morgan fingerprint density at radius 1 is 1.26 bits per heavy atom. The van der Waals surface area contributed by atoms with Gasteiger partial charge in [-0.1, -0.05) is 11.6 Å². The first kappa shape index (κ1) is 22.4. The van der Waals surface area contributed by atoms with E-state index in [4.69, 9.17) is 21.8 Å². The van der Waals surface area contributed by atoms with Crippen LogP contribution in [0.2, 0.25) is 5.02 Å². The van der Waals surface area contributed by atoms with Crippen LogP contribution in [0.1, 0.15) is 44.0 Å². The minimum atomic E-state index is -0.648. The number of rotatable bonds is 5. The number of pyridine rings is 1. The average molecular weight is 477 g/mol. The van der Waals surface area contributed by atoms with E-state index in [0.717, 1.165) is 28.1 Å². The molecule has 1 aromatic carbocycles. The highest BCUT2D eigenvalue weighted by Gasteiger charge is 2.52. The highest BCUT2D eigenvalue weighted by molar-refractivity contribution is 6.31. The number of nitriles is 1. The highest BCUT2D eigenvalue weighted by atomic mass is 35.5. The molecule has 0 aliphatic carbocycles. The summed E-state index contributed by atoms with van der Waals surface area (Å²) in [5.74, 6) is 0.820. The number of piperidine rings is 1. The lowest BCUT2D eigenvalue weighted by Crippen LogP contribution is -2.49. The molecule has 1 saturated heterocycles. The predicted octanol–water partition coefficient (Wildman–Crippen LogP) is 3.82. The van der Waals surface area contributed by atoms with E-state index in [9.17, 15) is 9.59 Å². The number of aryl methyl sites for hydroxylation is 1. The zero-order valence-electron chi connectivity index (χ0n) is 19.0. The second-order valence-electron chi connectivity index (χ2n) is 8.95. The lowest BCUT2D eigenvalue weighted by atomic mass is 9.74. The summed E-state index contributed by atoms with van der Waals surface area (Å²) in [5, 5.41) is 9.61. The molecular weight excluding hydrogens is 452 g/mol. The Morgan fingerprint density at radius 3 is 2.79 bits per heavy atom. The minimum absolute atomic E-state index is 0.0346. The van der Waals surface area contributed by atoms with Crippen molar-refractivity contribution in [3.63, 3.8) is 0 Å². The summed E-state index contributed by atoms with van der Waals surface area (Å²) in [6.07, 6.45) is 5.79. The monoisotopic (exact) mass is 476 g/mol. The Kier molecular flexibility index (Phi) is 5.74. The van der Waals surface area contributed by atoms with Crippen molar-refractivity contribution in [3.05, 3.63) is 53.1 Å². The Bertz CT molecular complexity index is 1320. The number of likely N-dealkylation sites (tertiary alicyclic amines) is 1. The van der Waals surface area contributed by atoms with Crippen LogP contribution >= 0.6 is 11.6 Å². The molecule has 174 valence electrons. The van der Waals surface area contributed by atoms with E-state index in [-0.39, 0.29) is 11.8 Å².